The van der Waals surface area contributed by atoms with Crippen LogP contribution in [-0.2, 0) is 22.4 Å². The Kier molecular flexibility index (Phi) is 6.33. The molecule has 0 saturated carbocycles. The average Bonchev–Trinajstić information content (AvgIpc) is 3.35. The Morgan fingerprint density at radius 1 is 0.757 bits per heavy atom. The van der Waals surface area contributed by atoms with Crippen molar-refractivity contribution in [3.63, 3.8) is 0 Å². The van der Waals surface area contributed by atoms with E-state index < -0.39 is 5.97 Å². The lowest BCUT2D eigenvalue weighted by atomic mass is 9.95. The van der Waals surface area contributed by atoms with Crippen molar-refractivity contribution < 1.29 is 14.3 Å². The number of ether oxygens (including phenoxy) is 2. The van der Waals surface area contributed by atoms with E-state index in [1.165, 1.54) is 47.3 Å². The molecule has 0 fully saturated rings. The van der Waals surface area contributed by atoms with Crippen molar-refractivity contribution in [2.45, 2.75) is 12.8 Å². The van der Waals surface area contributed by atoms with Gasteiger partial charge in [-0.25, -0.2) is 4.79 Å². The highest BCUT2D eigenvalue weighted by Gasteiger charge is 2.16. The molecule has 0 spiro atoms. The molecule has 6 aromatic rings. The van der Waals surface area contributed by atoms with E-state index in [9.17, 15) is 4.79 Å². The molecule has 0 aliphatic rings. The molecule has 0 unspecified atom stereocenters. The van der Waals surface area contributed by atoms with Crippen LogP contribution in [0.15, 0.2) is 104 Å². The van der Waals surface area contributed by atoms with Gasteiger partial charge < -0.3 is 9.47 Å². The zero-order valence-electron chi connectivity index (χ0n) is 20.4. The molecular formula is C33H26O3S. The molecule has 0 N–H and O–H groups in total. The third-order valence-corrected chi connectivity index (χ3v) is 8.05. The normalized spacial score (nSPS) is 11.4. The summed E-state index contributed by atoms with van der Waals surface area (Å²) in [5, 5.41) is 7.87. The van der Waals surface area contributed by atoms with Crippen LogP contribution in [0.2, 0.25) is 0 Å². The minimum absolute atomic E-state index is 0.195. The molecule has 0 atom stereocenters. The van der Waals surface area contributed by atoms with Crippen LogP contribution in [0, 0.1) is 0 Å². The topological polar surface area (TPSA) is 35.5 Å². The van der Waals surface area contributed by atoms with Gasteiger partial charge in [0, 0.05) is 26.2 Å². The summed E-state index contributed by atoms with van der Waals surface area (Å²) in [5.41, 5.74) is 2.50. The maximum atomic E-state index is 11.3. The Hall–Kier alpha value is -4.15. The fourth-order valence-electron chi connectivity index (χ4n) is 5.11. The Morgan fingerprint density at radius 3 is 2.30 bits per heavy atom. The van der Waals surface area contributed by atoms with Crippen LogP contribution in [0.25, 0.3) is 41.7 Å². The molecule has 5 aromatic carbocycles. The number of carbonyl (C=O) groups is 1. The lowest BCUT2D eigenvalue weighted by molar-refractivity contribution is -0.138. The lowest BCUT2D eigenvalue weighted by Gasteiger charge is -2.12. The number of para-hydroxylation sites is 1. The van der Waals surface area contributed by atoms with E-state index in [1.54, 1.807) is 0 Å². The van der Waals surface area contributed by atoms with Gasteiger partial charge in [-0.2, -0.15) is 0 Å². The molecule has 3 nitrogen and oxygen atoms in total. The zero-order chi connectivity index (χ0) is 25.2. The Bertz CT molecular complexity index is 1780. The standard InChI is InChI=1S/C33H26O3S/c1-2-30(34)36-20-19-35-28-14-8-5-10-23(28)15-16-25-21-24-11-4-7-13-27(24)32-31-26-12-6-3-9-22(26)17-18-29(31)37-33(25)32/h2-14,17-18,21H,1,15-16,19-20H2. The fraction of sp³-hybridized carbons (Fsp3) is 0.121. The number of esters is 1. The highest BCUT2D eigenvalue weighted by atomic mass is 32.1. The van der Waals surface area contributed by atoms with Crippen LogP contribution >= 0.6 is 11.3 Å². The molecular weight excluding hydrogens is 476 g/mol. The summed E-state index contributed by atoms with van der Waals surface area (Å²) in [6.07, 6.45) is 2.91. The van der Waals surface area contributed by atoms with Crippen LogP contribution < -0.4 is 4.74 Å². The first kappa shape index (κ1) is 23.3. The molecule has 0 aliphatic carbocycles. The summed E-state index contributed by atoms with van der Waals surface area (Å²) < 4.78 is 13.7. The first-order valence-corrected chi connectivity index (χ1v) is 13.3. The largest absolute Gasteiger partial charge is 0.490 e. The quantitative estimate of drug-likeness (QED) is 0.119. The second kappa shape index (κ2) is 10.1. The molecule has 0 aliphatic heterocycles. The molecule has 182 valence electrons. The Balaban J connectivity index is 1.38. The first-order valence-electron chi connectivity index (χ1n) is 12.5. The highest BCUT2D eigenvalue weighted by Crippen LogP contribution is 2.44. The summed E-state index contributed by atoms with van der Waals surface area (Å²) in [5.74, 6) is 0.393. The summed E-state index contributed by atoms with van der Waals surface area (Å²) in [7, 11) is 0. The van der Waals surface area contributed by atoms with Crippen molar-refractivity contribution in [3.8, 4) is 5.75 Å². The number of thiophene rings is 1. The van der Waals surface area contributed by atoms with Crippen LogP contribution in [0.1, 0.15) is 11.1 Å². The van der Waals surface area contributed by atoms with E-state index in [0.717, 1.165) is 30.2 Å². The lowest BCUT2D eigenvalue weighted by Crippen LogP contribution is -2.11. The highest BCUT2D eigenvalue weighted by molar-refractivity contribution is 7.26. The molecule has 0 radical (unpaired) electrons. The van der Waals surface area contributed by atoms with E-state index in [4.69, 9.17) is 9.47 Å². The first-order chi connectivity index (χ1) is 18.2. The van der Waals surface area contributed by atoms with Gasteiger partial charge in [0.2, 0.25) is 0 Å². The summed E-state index contributed by atoms with van der Waals surface area (Å²) in [6, 6.07) is 32.3. The second-order valence-electron chi connectivity index (χ2n) is 9.05. The minimum atomic E-state index is -0.437. The van der Waals surface area contributed by atoms with Crippen LogP contribution in [-0.4, -0.2) is 19.2 Å². The van der Waals surface area contributed by atoms with Gasteiger partial charge in [-0.3, -0.25) is 0 Å². The third-order valence-electron chi connectivity index (χ3n) is 6.82. The van der Waals surface area contributed by atoms with Crippen molar-refractivity contribution in [2.75, 3.05) is 13.2 Å². The third kappa shape index (κ3) is 4.45. The average molecular weight is 503 g/mol. The number of hydrogen-bond donors (Lipinski definition) is 0. The molecule has 4 heteroatoms. The van der Waals surface area contributed by atoms with Gasteiger partial charge in [0.05, 0.1) is 0 Å². The minimum Gasteiger partial charge on any atom is -0.490 e. The van der Waals surface area contributed by atoms with Gasteiger partial charge >= 0.3 is 5.97 Å². The number of fused-ring (bicyclic) bond motifs is 7. The van der Waals surface area contributed by atoms with Gasteiger partial charge in [0.1, 0.15) is 19.0 Å². The summed E-state index contributed by atoms with van der Waals surface area (Å²) >= 11 is 1.89. The molecule has 0 amide bonds. The van der Waals surface area contributed by atoms with E-state index in [0.29, 0.717) is 6.61 Å². The molecule has 0 bridgehead atoms. The molecule has 6 rings (SSSR count). The van der Waals surface area contributed by atoms with Crippen molar-refractivity contribution in [2.24, 2.45) is 0 Å². The maximum absolute atomic E-state index is 11.3. The monoisotopic (exact) mass is 502 g/mol. The van der Waals surface area contributed by atoms with E-state index >= 15 is 0 Å². The number of hydrogen-bond acceptors (Lipinski definition) is 4. The van der Waals surface area contributed by atoms with Crippen molar-refractivity contribution in [1.29, 1.82) is 0 Å². The molecule has 1 heterocycles. The van der Waals surface area contributed by atoms with Gasteiger partial charge in [-0.15, -0.1) is 11.3 Å². The summed E-state index contributed by atoms with van der Waals surface area (Å²) in [6.45, 7) is 3.92. The van der Waals surface area contributed by atoms with Gasteiger partial charge in [0.25, 0.3) is 0 Å². The van der Waals surface area contributed by atoms with Gasteiger partial charge in [-0.05, 0) is 63.7 Å². The van der Waals surface area contributed by atoms with Gasteiger partial charge in [-0.1, -0.05) is 79.4 Å². The number of aryl methyl sites for hydroxylation is 2. The number of rotatable bonds is 8. The van der Waals surface area contributed by atoms with Crippen LogP contribution in [0.4, 0.5) is 0 Å². The summed E-state index contributed by atoms with van der Waals surface area (Å²) in [4.78, 5) is 11.3. The fourth-order valence-corrected chi connectivity index (χ4v) is 6.39. The molecule has 37 heavy (non-hydrogen) atoms. The molecule has 0 saturated heterocycles. The maximum Gasteiger partial charge on any atom is 0.330 e. The SMILES string of the molecule is C=CC(=O)OCCOc1ccccc1CCc1cc2ccccc2c2c1sc1ccc3ccccc3c12. The van der Waals surface area contributed by atoms with E-state index in [2.05, 4.69) is 79.4 Å². The van der Waals surface area contributed by atoms with E-state index in [-0.39, 0.29) is 6.61 Å². The Labute approximate surface area is 219 Å². The van der Waals surface area contributed by atoms with Crippen LogP contribution in [0.5, 0.6) is 5.75 Å². The predicted octanol–water partition coefficient (Wildman–Crippen LogP) is 8.25. The molecule has 1 aromatic heterocycles. The number of benzene rings is 5. The Morgan fingerprint density at radius 2 is 1.46 bits per heavy atom. The van der Waals surface area contributed by atoms with Crippen molar-refractivity contribution in [1.82, 2.24) is 0 Å². The van der Waals surface area contributed by atoms with Crippen molar-refractivity contribution >= 4 is 59.0 Å². The smallest absolute Gasteiger partial charge is 0.330 e. The zero-order valence-corrected chi connectivity index (χ0v) is 21.2. The van der Waals surface area contributed by atoms with Crippen molar-refractivity contribution in [3.05, 3.63) is 115 Å². The van der Waals surface area contributed by atoms with Gasteiger partial charge in [0.15, 0.2) is 0 Å². The van der Waals surface area contributed by atoms with E-state index in [1.807, 2.05) is 29.5 Å². The number of carbonyl (C=O) groups excluding carboxylic acids is 1. The second-order valence-corrected chi connectivity index (χ2v) is 10.1. The van der Waals surface area contributed by atoms with Crippen LogP contribution in [0.3, 0.4) is 0 Å². The predicted molar refractivity (Wildman–Crippen MR) is 155 cm³/mol.